The van der Waals surface area contributed by atoms with Gasteiger partial charge in [-0.1, -0.05) is 6.92 Å². The lowest BCUT2D eigenvalue weighted by molar-refractivity contribution is 0.447. The molecule has 0 spiro atoms. The molecule has 0 radical (unpaired) electrons. The zero-order valence-corrected chi connectivity index (χ0v) is 14.3. The van der Waals surface area contributed by atoms with E-state index in [1.807, 2.05) is 12.1 Å². The number of hydrogen-bond donors (Lipinski definition) is 2. The Balaban J connectivity index is 1.74. The first-order chi connectivity index (χ1) is 11.6. The predicted molar refractivity (Wildman–Crippen MR) is 93.6 cm³/mol. The van der Waals surface area contributed by atoms with Crippen LogP contribution in [0.4, 0.5) is 11.5 Å². The number of benzene rings is 1. The lowest BCUT2D eigenvalue weighted by Crippen LogP contribution is -2.50. The average molecular weight is 347 g/mol. The van der Waals surface area contributed by atoms with Crippen LogP contribution in [0.3, 0.4) is 0 Å². The molecule has 0 aliphatic carbocycles. The number of anilines is 2. The van der Waals surface area contributed by atoms with E-state index in [0.29, 0.717) is 6.04 Å². The van der Waals surface area contributed by atoms with E-state index in [-0.39, 0.29) is 10.7 Å². The highest BCUT2D eigenvalue weighted by Crippen LogP contribution is 2.21. The summed E-state index contributed by atoms with van der Waals surface area (Å²) in [5.74, 6) is 0.252. The average Bonchev–Trinajstić information content (AvgIpc) is 2.62. The lowest BCUT2D eigenvalue weighted by atomic mass is 10.1. The van der Waals surface area contributed by atoms with Gasteiger partial charge in [0.05, 0.1) is 4.90 Å². The van der Waals surface area contributed by atoms with Gasteiger partial charge in [0, 0.05) is 37.6 Å². The van der Waals surface area contributed by atoms with Crippen molar-refractivity contribution in [2.45, 2.75) is 24.3 Å². The van der Waals surface area contributed by atoms with Gasteiger partial charge >= 0.3 is 0 Å². The fourth-order valence-electron chi connectivity index (χ4n) is 2.72. The molecule has 8 heteroatoms. The van der Waals surface area contributed by atoms with Crippen LogP contribution >= 0.6 is 0 Å². The van der Waals surface area contributed by atoms with Crippen LogP contribution in [-0.4, -0.2) is 44.1 Å². The van der Waals surface area contributed by atoms with Crippen LogP contribution in [0.5, 0.6) is 0 Å². The summed E-state index contributed by atoms with van der Waals surface area (Å²) in [6.07, 6.45) is 3.86. The van der Waals surface area contributed by atoms with E-state index in [2.05, 4.69) is 31.8 Å². The van der Waals surface area contributed by atoms with Crippen LogP contribution in [0, 0.1) is 0 Å². The summed E-state index contributed by atoms with van der Waals surface area (Å²) in [4.78, 5) is 10.1. The number of hydrogen-bond acceptors (Lipinski definition) is 6. The SMILES string of the molecule is CC[C@@H]1CN(c2ccc(S(=O)(=O)Nc3ccncn3)cc2)CCN1. The fourth-order valence-corrected chi connectivity index (χ4v) is 3.73. The third kappa shape index (κ3) is 3.82. The highest BCUT2D eigenvalue weighted by molar-refractivity contribution is 7.92. The molecule has 1 atom stereocenters. The Bertz CT molecular complexity index is 765. The van der Waals surface area contributed by atoms with Gasteiger partial charge in [-0.2, -0.15) is 0 Å². The molecule has 0 unspecified atom stereocenters. The van der Waals surface area contributed by atoms with Crippen LogP contribution in [0.15, 0.2) is 47.8 Å². The standard InChI is InChI=1S/C16H21N5O2S/c1-2-13-11-21(10-9-18-13)14-3-5-15(6-4-14)24(22,23)20-16-7-8-17-12-19-16/h3-8,12-13,18H,2,9-11H2,1H3,(H,17,19,20)/t13-/m1/s1. The summed E-state index contributed by atoms with van der Waals surface area (Å²) < 4.78 is 27.2. The molecule has 1 aliphatic heterocycles. The van der Waals surface area contributed by atoms with Crippen molar-refractivity contribution in [1.29, 1.82) is 0 Å². The minimum absolute atomic E-state index is 0.215. The smallest absolute Gasteiger partial charge is 0.263 e. The van der Waals surface area contributed by atoms with Crippen LogP contribution in [0.2, 0.25) is 0 Å². The van der Waals surface area contributed by atoms with Crippen molar-refractivity contribution in [2.24, 2.45) is 0 Å². The second-order valence-electron chi connectivity index (χ2n) is 5.70. The summed E-state index contributed by atoms with van der Waals surface area (Å²) in [5.41, 5.74) is 1.04. The van der Waals surface area contributed by atoms with E-state index in [1.54, 1.807) is 12.1 Å². The third-order valence-electron chi connectivity index (χ3n) is 4.08. The molecule has 7 nitrogen and oxygen atoms in total. The van der Waals surface area contributed by atoms with Gasteiger partial charge in [-0.05, 0) is 36.8 Å². The molecule has 1 saturated heterocycles. The molecule has 3 rings (SSSR count). The van der Waals surface area contributed by atoms with E-state index >= 15 is 0 Å². The molecular formula is C16H21N5O2S. The Labute approximate surface area is 142 Å². The first kappa shape index (κ1) is 16.7. The quantitative estimate of drug-likeness (QED) is 0.852. The summed E-state index contributed by atoms with van der Waals surface area (Å²) in [6.45, 7) is 4.95. The molecule has 128 valence electrons. The summed E-state index contributed by atoms with van der Waals surface area (Å²) >= 11 is 0. The first-order valence-electron chi connectivity index (χ1n) is 7.96. The van der Waals surface area contributed by atoms with Gasteiger partial charge in [-0.3, -0.25) is 4.72 Å². The molecule has 0 amide bonds. The van der Waals surface area contributed by atoms with Gasteiger partial charge in [0.1, 0.15) is 12.1 Å². The predicted octanol–water partition coefficient (Wildman–Crippen LogP) is 1.47. The van der Waals surface area contributed by atoms with Gasteiger partial charge in [-0.15, -0.1) is 0 Å². The fraction of sp³-hybridized carbons (Fsp3) is 0.375. The van der Waals surface area contributed by atoms with Gasteiger partial charge in [0.25, 0.3) is 10.0 Å². The summed E-state index contributed by atoms with van der Waals surface area (Å²) in [6, 6.07) is 8.95. The number of sulfonamides is 1. The van der Waals surface area contributed by atoms with E-state index in [0.717, 1.165) is 31.7 Å². The maximum atomic E-state index is 12.4. The molecule has 1 aliphatic rings. The van der Waals surface area contributed by atoms with Crippen molar-refractivity contribution in [2.75, 3.05) is 29.3 Å². The normalized spacial score (nSPS) is 18.4. The summed E-state index contributed by atoms with van der Waals surface area (Å²) in [7, 11) is -3.65. The van der Waals surface area contributed by atoms with Crippen molar-refractivity contribution < 1.29 is 8.42 Å². The molecule has 2 heterocycles. The van der Waals surface area contributed by atoms with Crippen LogP contribution < -0.4 is 14.9 Å². The van der Waals surface area contributed by atoms with Crippen molar-refractivity contribution in [3.8, 4) is 0 Å². The topological polar surface area (TPSA) is 87.2 Å². The maximum absolute atomic E-state index is 12.4. The third-order valence-corrected chi connectivity index (χ3v) is 5.45. The van der Waals surface area contributed by atoms with E-state index < -0.39 is 10.0 Å². The zero-order valence-electron chi connectivity index (χ0n) is 13.5. The Morgan fingerprint density at radius 1 is 1.29 bits per heavy atom. The molecular weight excluding hydrogens is 326 g/mol. The molecule has 1 fully saturated rings. The van der Waals surface area contributed by atoms with Gasteiger partial charge in [0.15, 0.2) is 0 Å². The van der Waals surface area contributed by atoms with Crippen LogP contribution in [0.25, 0.3) is 0 Å². The van der Waals surface area contributed by atoms with Gasteiger partial charge in [-0.25, -0.2) is 18.4 Å². The number of aromatic nitrogens is 2. The Kier molecular flexibility index (Phi) is 4.96. The molecule has 0 saturated carbocycles. The van der Waals surface area contributed by atoms with Crippen molar-refractivity contribution >= 4 is 21.5 Å². The molecule has 24 heavy (non-hydrogen) atoms. The summed E-state index contributed by atoms with van der Waals surface area (Å²) in [5, 5.41) is 3.47. The van der Waals surface area contributed by atoms with Crippen molar-refractivity contribution in [3.05, 3.63) is 42.9 Å². The van der Waals surface area contributed by atoms with E-state index in [1.165, 1.54) is 18.6 Å². The second-order valence-corrected chi connectivity index (χ2v) is 7.38. The number of nitrogens with zero attached hydrogens (tertiary/aromatic N) is 3. The maximum Gasteiger partial charge on any atom is 0.263 e. The number of piperazine rings is 1. The van der Waals surface area contributed by atoms with Crippen LogP contribution in [0.1, 0.15) is 13.3 Å². The van der Waals surface area contributed by atoms with Gasteiger partial charge < -0.3 is 10.2 Å². The number of rotatable bonds is 5. The highest BCUT2D eigenvalue weighted by Gasteiger charge is 2.19. The Morgan fingerprint density at radius 3 is 2.75 bits per heavy atom. The molecule has 2 N–H and O–H groups in total. The van der Waals surface area contributed by atoms with E-state index in [9.17, 15) is 8.42 Å². The minimum Gasteiger partial charge on any atom is -0.369 e. The Morgan fingerprint density at radius 2 is 2.08 bits per heavy atom. The number of nitrogens with one attached hydrogen (secondary N) is 2. The molecule has 1 aromatic heterocycles. The highest BCUT2D eigenvalue weighted by atomic mass is 32.2. The lowest BCUT2D eigenvalue weighted by Gasteiger charge is -2.35. The Hall–Kier alpha value is -2.19. The van der Waals surface area contributed by atoms with Crippen molar-refractivity contribution in [1.82, 2.24) is 15.3 Å². The first-order valence-corrected chi connectivity index (χ1v) is 9.44. The van der Waals surface area contributed by atoms with Gasteiger partial charge in [0.2, 0.25) is 0 Å². The van der Waals surface area contributed by atoms with E-state index in [4.69, 9.17) is 0 Å². The van der Waals surface area contributed by atoms with Crippen LogP contribution in [-0.2, 0) is 10.0 Å². The molecule has 2 aromatic rings. The largest absolute Gasteiger partial charge is 0.369 e. The monoisotopic (exact) mass is 347 g/mol. The van der Waals surface area contributed by atoms with Crippen molar-refractivity contribution in [3.63, 3.8) is 0 Å². The molecule has 0 bridgehead atoms. The zero-order chi connectivity index (χ0) is 17.0. The molecule has 1 aromatic carbocycles. The second kappa shape index (κ2) is 7.14. The minimum atomic E-state index is -3.65.